The number of halogens is 3. The molecule has 0 bridgehead atoms. The summed E-state index contributed by atoms with van der Waals surface area (Å²) in [7, 11) is 3.27. The van der Waals surface area contributed by atoms with Gasteiger partial charge in [0.05, 0.1) is 43.9 Å². The minimum Gasteiger partial charge on any atom is -0.497 e. The molecule has 3 aromatic carbocycles. The van der Waals surface area contributed by atoms with Crippen LogP contribution in [0, 0.1) is 5.92 Å². The number of esters is 1. The Morgan fingerprint density at radius 2 is 1.85 bits per heavy atom. The first-order valence-electron chi connectivity index (χ1n) is 15.3. The van der Waals surface area contributed by atoms with Gasteiger partial charge in [-0.25, -0.2) is 0 Å². The number of amides is 1. The number of ether oxygens (including phenoxy) is 4. The number of rotatable bonds is 9. The largest absolute Gasteiger partial charge is 0.497 e. The Kier molecular flexibility index (Phi) is 11.4. The predicted octanol–water partition coefficient (Wildman–Crippen LogP) is 7.51. The number of allylic oxidation sites excluding steroid dienone is 2. The summed E-state index contributed by atoms with van der Waals surface area (Å²) in [5.41, 5.74) is 3.24. The Labute approximate surface area is 294 Å². The molecule has 47 heavy (non-hydrogen) atoms. The fraction of sp³-hybridized carbons (Fsp3) is 0.333. The number of benzene rings is 3. The number of hydrogen-bond acceptors (Lipinski definition) is 7. The van der Waals surface area contributed by atoms with Gasteiger partial charge in [0.2, 0.25) is 0 Å². The minimum atomic E-state index is -0.323. The van der Waals surface area contributed by atoms with Crippen LogP contribution in [0.25, 0.3) is 10.8 Å². The van der Waals surface area contributed by atoms with Gasteiger partial charge >= 0.3 is 5.97 Å². The quantitative estimate of drug-likeness (QED) is 0.210. The number of carbonyl (C=O) groups excluding carboxylic acids is 2. The molecular formula is C36H37BrCl2N2O6. The number of morpholine rings is 1. The number of hydrogen-bond donors (Lipinski definition) is 0. The van der Waals surface area contributed by atoms with Gasteiger partial charge < -0.3 is 23.8 Å². The van der Waals surface area contributed by atoms with Gasteiger partial charge in [0.15, 0.2) is 0 Å². The number of carbonyl (C=O) groups is 2. The standard InChI is InChI=1S/C36H36BrClN2O6.ClH/c1-22-29(30-19-27(43-2)10-12-31(30)40(22)36(42)23-4-8-26(38)9-5-23)20-34(41)46-17-15-39-14-16-45-33(21-39)25-6-11-28-24(18-25)7-13-32(44-3)35(28)37;/h4-13,18-19,30-31,33H,14-17,20-21H2,1-3H3;1H. The zero-order valence-electron chi connectivity index (χ0n) is 26.4. The molecule has 1 saturated heterocycles. The normalized spacial score (nSPS) is 20.8. The van der Waals surface area contributed by atoms with Crippen molar-refractivity contribution in [1.29, 1.82) is 0 Å². The smallest absolute Gasteiger partial charge is 0.310 e. The Morgan fingerprint density at radius 1 is 1.06 bits per heavy atom. The van der Waals surface area contributed by atoms with Gasteiger partial charge in [-0.05, 0) is 93.3 Å². The van der Waals surface area contributed by atoms with Crippen molar-refractivity contribution >= 4 is 62.6 Å². The molecule has 0 radical (unpaired) electrons. The molecule has 1 fully saturated rings. The first-order valence-corrected chi connectivity index (χ1v) is 16.4. The second-order valence-corrected chi connectivity index (χ2v) is 12.8. The van der Waals surface area contributed by atoms with Gasteiger partial charge in [-0.1, -0.05) is 35.9 Å². The molecule has 3 unspecified atom stereocenters. The van der Waals surface area contributed by atoms with E-state index in [2.05, 4.69) is 45.1 Å². The molecule has 8 nitrogen and oxygen atoms in total. The molecule has 0 N–H and O–H groups in total. The molecule has 2 heterocycles. The summed E-state index contributed by atoms with van der Waals surface area (Å²) < 4.78 is 23.7. The first kappa shape index (κ1) is 35.0. The van der Waals surface area contributed by atoms with Crippen LogP contribution < -0.4 is 4.74 Å². The van der Waals surface area contributed by atoms with E-state index in [4.69, 9.17) is 30.5 Å². The van der Waals surface area contributed by atoms with Gasteiger partial charge in [0.1, 0.15) is 18.1 Å². The molecule has 3 aromatic rings. The summed E-state index contributed by atoms with van der Waals surface area (Å²) >= 11 is 9.70. The van der Waals surface area contributed by atoms with Crippen molar-refractivity contribution in [3.05, 3.63) is 110 Å². The first-order chi connectivity index (χ1) is 22.3. The van der Waals surface area contributed by atoms with Crippen molar-refractivity contribution in [2.45, 2.75) is 25.5 Å². The highest BCUT2D eigenvalue weighted by Crippen LogP contribution is 2.41. The van der Waals surface area contributed by atoms with Crippen molar-refractivity contribution in [2.24, 2.45) is 5.92 Å². The molecule has 6 rings (SSSR count). The molecule has 0 aromatic heterocycles. The van der Waals surface area contributed by atoms with E-state index in [9.17, 15) is 9.59 Å². The third-order valence-corrected chi connectivity index (χ3v) is 10.0. The maximum Gasteiger partial charge on any atom is 0.310 e. The Hall–Kier alpha value is -3.34. The lowest BCUT2D eigenvalue weighted by molar-refractivity contribution is -0.143. The molecule has 1 aliphatic carbocycles. The monoisotopic (exact) mass is 742 g/mol. The van der Waals surface area contributed by atoms with Gasteiger partial charge in [-0.2, -0.15) is 0 Å². The van der Waals surface area contributed by atoms with Crippen molar-refractivity contribution in [3.63, 3.8) is 0 Å². The lowest BCUT2D eigenvalue weighted by Gasteiger charge is -2.33. The van der Waals surface area contributed by atoms with Crippen molar-refractivity contribution in [3.8, 4) is 5.75 Å². The lowest BCUT2D eigenvalue weighted by Crippen LogP contribution is -2.40. The molecule has 1 amide bonds. The Bertz CT molecular complexity index is 1740. The van der Waals surface area contributed by atoms with Crippen LogP contribution in [-0.2, 0) is 19.0 Å². The average molecular weight is 745 g/mol. The van der Waals surface area contributed by atoms with Gasteiger partial charge in [0.25, 0.3) is 5.91 Å². The second kappa shape index (κ2) is 15.3. The third-order valence-electron chi connectivity index (χ3n) is 8.93. The van der Waals surface area contributed by atoms with E-state index in [1.54, 1.807) is 43.4 Å². The van der Waals surface area contributed by atoms with Crippen LogP contribution in [0.2, 0.25) is 5.02 Å². The molecule has 3 atom stereocenters. The molecule has 0 spiro atoms. The maximum atomic E-state index is 13.6. The summed E-state index contributed by atoms with van der Waals surface area (Å²) in [5, 5.41) is 2.75. The summed E-state index contributed by atoms with van der Waals surface area (Å²) in [6.07, 6.45) is 5.80. The number of nitrogens with zero attached hydrogens (tertiary/aromatic N) is 2. The van der Waals surface area contributed by atoms with Crippen molar-refractivity contribution < 1.29 is 28.5 Å². The highest BCUT2D eigenvalue weighted by molar-refractivity contribution is 9.10. The van der Waals surface area contributed by atoms with Crippen LogP contribution >= 0.6 is 39.9 Å². The van der Waals surface area contributed by atoms with Crippen LogP contribution in [0.4, 0.5) is 0 Å². The van der Waals surface area contributed by atoms with Crippen LogP contribution in [-0.4, -0.2) is 74.8 Å². The predicted molar refractivity (Wildman–Crippen MR) is 188 cm³/mol. The maximum absolute atomic E-state index is 13.6. The molecule has 11 heteroatoms. The summed E-state index contributed by atoms with van der Waals surface area (Å²) in [6, 6.07) is 16.9. The fourth-order valence-electron chi connectivity index (χ4n) is 6.47. The van der Waals surface area contributed by atoms with E-state index in [1.807, 2.05) is 31.2 Å². The van der Waals surface area contributed by atoms with Crippen LogP contribution in [0.1, 0.15) is 35.4 Å². The third kappa shape index (κ3) is 7.39. The summed E-state index contributed by atoms with van der Waals surface area (Å²) in [5.74, 6) is 0.835. The van der Waals surface area contributed by atoms with Crippen molar-refractivity contribution in [2.75, 3.05) is 47.1 Å². The Morgan fingerprint density at radius 3 is 2.60 bits per heavy atom. The van der Waals surface area contributed by atoms with Crippen LogP contribution in [0.15, 0.2) is 94.3 Å². The SMILES string of the molecule is COC1=CC2C(CC(=O)OCCN3CCOC(c4ccc5c(Br)c(OC)ccc5c4)C3)=C(C)N(C(=O)c3ccc(Cl)cc3)C2C=C1.Cl. The zero-order valence-corrected chi connectivity index (χ0v) is 29.6. The summed E-state index contributed by atoms with van der Waals surface area (Å²) in [4.78, 5) is 30.8. The molecular weight excluding hydrogens is 707 g/mol. The van der Waals surface area contributed by atoms with Crippen LogP contribution in [0.5, 0.6) is 5.75 Å². The number of methoxy groups -OCH3 is 2. The number of fused-ring (bicyclic) bond motifs is 2. The van der Waals surface area contributed by atoms with E-state index < -0.39 is 0 Å². The second-order valence-electron chi connectivity index (χ2n) is 11.6. The Balaban J connectivity index is 0.00000433. The van der Waals surface area contributed by atoms with E-state index >= 15 is 0 Å². The topological polar surface area (TPSA) is 77.5 Å². The van der Waals surface area contributed by atoms with Gasteiger partial charge in [-0.15, -0.1) is 12.4 Å². The zero-order chi connectivity index (χ0) is 32.4. The van der Waals surface area contributed by atoms with Gasteiger partial charge in [-0.3, -0.25) is 14.5 Å². The lowest BCUT2D eigenvalue weighted by atomic mass is 9.88. The van der Waals surface area contributed by atoms with Crippen molar-refractivity contribution in [1.82, 2.24) is 9.80 Å². The average Bonchev–Trinajstić information content (AvgIpc) is 3.34. The molecule has 0 saturated carbocycles. The summed E-state index contributed by atoms with van der Waals surface area (Å²) in [6.45, 7) is 4.81. The molecule has 3 aliphatic rings. The van der Waals surface area contributed by atoms with Crippen LogP contribution in [0.3, 0.4) is 0 Å². The van der Waals surface area contributed by atoms with E-state index in [0.29, 0.717) is 36.0 Å². The van der Waals surface area contributed by atoms with E-state index in [0.717, 1.165) is 44.4 Å². The highest BCUT2D eigenvalue weighted by Gasteiger charge is 2.42. The fourth-order valence-corrected chi connectivity index (χ4v) is 7.25. The van der Waals surface area contributed by atoms with E-state index in [-0.39, 0.29) is 55.4 Å². The van der Waals surface area contributed by atoms with E-state index in [1.165, 1.54) is 0 Å². The van der Waals surface area contributed by atoms with Gasteiger partial charge in [0, 0.05) is 41.8 Å². The molecule has 248 valence electrons. The highest BCUT2D eigenvalue weighted by atomic mass is 79.9. The minimum absolute atomic E-state index is 0. The molecule has 2 aliphatic heterocycles.